The Morgan fingerprint density at radius 1 is 0.969 bits per heavy atom. The van der Waals surface area contributed by atoms with Gasteiger partial charge in [0.2, 0.25) is 0 Å². The van der Waals surface area contributed by atoms with Crippen molar-refractivity contribution in [2.75, 3.05) is 38.2 Å². The molecule has 7 nitrogen and oxygen atoms in total. The third kappa shape index (κ3) is 4.74. The van der Waals surface area contributed by atoms with Gasteiger partial charge in [0.05, 0.1) is 24.4 Å². The number of benzene rings is 2. The molecule has 4 rings (SSSR count). The number of ether oxygens (including phenoxy) is 1. The van der Waals surface area contributed by atoms with Gasteiger partial charge in [-0.15, -0.1) is 17.5 Å². The molecule has 1 fully saturated rings. The van der Waals surface area contributed by atoms with Crippen molar-refractivity contribution in [1.82, 2.24) is 25.1 Å². The van der Waals surface area contributed by atoms with Crippen LogP contribution in [-0.4, -0.2) is 58.4 Å². The fourth-order valence-corrected chi connectivity index (χ4v) is 4.22. The van der Waals surface area contributed by atoms with Gasteiger partial charge in [-0.3, -0.25) is 4.90 Å². The van der Waals surface area contributed by atoms with Crippen molar-refractivity contribution in [2.24, 2.45) is 0 Å². The zero-order valence-electron chi connectivity index (χ0n) is 19.3. The van der Waals surface area contributed by atoms with Crippen molar-refractivity contribution >= 4 is 18.1 Å². The van der Waals surface area contributed by atoms with E-state index in [1.54, 1.807) is 7.11 Å². The number of methoxy groups -OCH3 is 1. The van der Waals surface area contributed by atoms with Gasteiger partial charge in [0.25, 0.3) is 0 Å². The summed E-state index contributed by atoms with van der Waals surface area (Å²) in [5.41, 5.74) is 2.22. The lowest BCUT2D eigenvalue weighted by molar-refractivity contribution is 0.187. The molecule has 0 saturated carbocycles. The van der Waals surface area contributed by atoms with Crippen LogP contribution in [0.5, 0.6) is 5.75 Å². The second-order valence-electron chi connectivity index (χ2n) is 8.62. The third-order valence-electron chi connectivity index (χ3n) is 6.40. The van der Waals surface area contributed by atoms with Crippen LogP contribution in [0.3, 0.4) is 0 Å². The first kappa shape index (κ1) is 24.0. The largest absolute Gasteiger partial charge is 0.495 e. The maximum absolute atomic E-state index is 5.58. The van der Waals surface area contributed by atoms with E-state index in [9.17, 15) is 0 Å². The molecule has 3 aromatic rings. The van der Waals surface area contributed by atoms with E-state index in [2.05, 4.69) is 88.6 Å². The summed E-state index contributed by atoms with van der Waals surface area (Å²) >= 11 is 0. The minimum atomic E-state index is -0.148. The zero-order valence-corrected chi connectivity index (χ0v) is 20.1. The molecule has 2 aromatic carbocycles. The molecule has 1 aliphatic rings. The maximum Gasteiger partial charge on any atom is 0.173 e. The SMILES string of the molecule is CCC(C)(C)n1nnnc1C(c1ccccc1)N1CCN(c2ccccc2OC)CC1.Cl. The standard InChI is InChI=1S/C24H32N6O.ClH/c1-5-24(2,3)30-23(25-26-27-30)22(19-11-7-6-8-12-19)29-17-15-28(16-18-29)20-13-9-10-14-21(20)31-4;/h6-14,22H,5,15-18H2,1-4H3;1H. The molecule has 0 bridgehead atoms. The van der Waals surface area contributed by atoms with E-state index < -0.39 is 0 Å². The van der Waals surface area contributed by atoms with Gasteiger partial charge in [0, 0.05) is 26.2 Å². The number of nitrogens with zero attached hydrogens (tertiary/aromatic N) is 6. The van der Waals surface area contributed by atoms with Crippen LogP contribution in [0.25, 0.3) is 0 Å². The number of tetrazole rings is 1. The summed E-state index contributed by atoms with van der Waals surface area (Å²) in [6.07, 6.45) is 0.953. The van der Waals surface area contributed by atoms with Crippen LogP contribution in [0, 0.1) is 0 Å². The van der Waals surface area contributed by atoms with E-state index in [-0.39, 0.29) is 24.0 Å². The average molecular weight is 457 g/mol. The Kier molecular flexibility index (Phi) is 7.74. The molecule has 0 N–H and O–H groups in total. The Hall–Kier alpha value is -2.64. The van der Waals surface area contributed by atoms with E-state index in [0.29, 0.717) is 0 Å². The molecule has 0 radical (unpaired) electrons. The number of aromatic nitrogens is 4. The van der Waals surface area contributed by atoms with Crippen molar-refractivity contribution in [3.63, 3.8) is 0 Å². The molecule has 32 heavy (non-hydrogen) atoms. The van der Waals surface area contributed by atoms with Crippen LogP contribution in [-0.2, 0) is 5.54 Å². The van der Waals surface area contributed by atoms with Gasteiger partial charge in [0.1, 0.15) is 5.75 Å². The second-order valence-corrected chi connectivity index (χ2v) is 8.62. The summed E-state index contributed by atoms with van der Waals surface area (Å²) in [5, 5.41) is 13.0. The number of hydrogen-bond acceptors (Lipinski definition) is 6. The first-order valence-corrected chi connectivity index (χ1v) is 11.0. The van der Waals surface area contributed by atoms with E-state index in [1.165, 1.54) is 5.56 Å². The Labute approximate surface area is 196 Å². The van der Waals surface area contributed by atoms with Gasteiger partial charge in [0.15, 0.2) is 5.82 Å². The molecule has 2 heterocycles. The van der Waals surface area contributed by atoms with Crippen LogP contribution in [0.4, 0.5) is 5.69 Å². The third-order valence-corrected chi connectivity index (χ3v) is 6.40. The first-order chi connectivity index (χ1) is 15.0. The van der Waals surface area contributed by atoms with Crippen LogP contribution >= 0.6 is 12.4 Å². The molecular weight excluding hydrogens is 424 g/mol. The lowest BCUT2D eigenvalue weighted by atomic mass is 9.99. The molecule has 1 unspecified atom stereocenters. The monoisotopic (exact) mass is 456 g/mol. The van der Waals surface area contributed by atoms with Crippen molar-refractivity contribution in [3.05, 3.63) is 66.0 Å². The number of hydrogen-bond donors (Lipinski definition) is 0. The van der Waals surface area contributed by atoms with E-state index in [1.807, 2.05) is 16.8 Å². The maximum atomic E-state index is 5.58. The second kappa shape index (κ2) is 10.3. The summed E-state index contributed by atoms with van der Waals surface area (Å²) in [6, 6.07) is 18.8. The number of piperazine rings is 1. The zero-order chi connectivity index (χ0) is 21.8. The number of anilines is 1. The smallest absolute Gasteiger partial charge is 0.173 e. The molecule has 8 heteroatoms. The molecule has 1 atom stereocenters. The Morgan fingerprint density at radius 2 is 1.62 bits per heavy atom. The van der Waals surface area contributed by atoms with Gasteiger partial charge in [-0.25, -0.2) is 4.68 Å². The topological polar surface area (TPSA) is 59.3 Å². The molecular formula is C24H33ClN6O. The summed E-state index contributed by atoms with van der Waals surface area (Å²) in [5.74, 6) is 1.83. The molecule has 1 saturated heterocycles. The highest BCUT2D eigenvalue weighted by Crippen LogP contribution is 2.33. The van der Waals surface area contributed by atoms with E-state index in [0.717, 1.165) is 49.9 Å². The van der Waals surface area contributed by atoms with Crippen molar-refractivity contribution in [3.8, 4) is 5.75 Å². The predicted octanol–water partition coefficient (Wildman–Crippen LogP) is 4.16. The molecule has 1 aromatic heterocycles. The van der Waals surface area contributed by atoms with E-state index in [4.69, 9.17) is 4.74 Å². The van der Waals surface area contributed by atoms with Gasteiger partial charge in [-0.05, 0) is 48.4 Å². The van der Waals surface area contributed by atoms with Gasteiger partial charge < -0.3 is 9.64 Å². The summed E-state index contributed by atoms with van der Waals surface area (Å²) in [4.78, 5) is 4.89. The van der Waals surface area contributed by atoms with Crippen LogP contribution in [0.2, 0.25) is 0 Å². The lowest BCUT2D eigenvalue weighted by Crippen LogP contribution is -2.49. The lowest BCUT2D eigenvalue weighted by Gasteiger charge is -2.40. The summed E-state index contributed by atoms with van der Waals surface area (Å²) < 4.78 is 7.59. The Bertz CT molecular complexity index is 985. The fourth-order valence-electron chi connectivity index (χ4n) is 4.22. The molecule has 0 amide bonds. The summed E-state index contributed by atoms with van der Waals surface area (Å²) in [7, 11) is 1.73. The number of rotatable bonds is 7. The van der Waals surface area contributed by atoms with Gasteiger partial charge in [-0.1, -0.05) is 49.4 Å². The molecule has 0 spiro atoms. The summed E-state index contributed by atoms with van der Waals surface area (Å²) in [6.45, 7) is 10.2. The quantitative estimate of drug-likeness (QED) is 0.532. The highest BCUT2D eigenvalue weighted by Gasteiger charge is 2.34. The Morgan fingerprint density at radius 3 is 2.28 bits per heavy atom. The van der Waals surface area contributed by atoms with Crippen molar-refractivity contribution in [2.45, 2.75) is 38.8 Å². The van der Waals surface area contributed by atoms with Crippen LogP contribution in [0.15, 0.2) is 54.6 Å². The number of halogens is 1. The van der Waals surface area contributed by atoms with Crippen molar-refractivity contribution < 1.29 is 4.74 Å². The Balaban J connectivity index is 0.00000289. The highest BCUT2D eigenvalue weighted by atomic mass is 35.5. The first-order valence-electron chi connectivity index (χ1n) is 11.0. The fraction of sp³-hybridized carbons (Fsp3) is 0.458. The van der Waals surface area contributed by atoms with Crippen molar-refractivity contribution in [1.29, 1.82) is 0 Å². The van der Waals surface area contributed by atoms with E-state index >= 15 is 0 Å². The van der Waals surface area contributed by atoms with Crippen LogP contribution < -0.4 is 9.64 Å². The average Bonchev–Trinajstić information content (AvgIpc) is 3.31. The predicted molar refractivity (Wildman–Crippen MR) is 130 cm³/mol. The minimum Gasteiger partial charge on any atom is -0.495 e. The normalized spacial score (nSPS) is 15.8. The van der Waals surface area contributed by atoms with Gasteiger partial charge >= 0.3 is 0 Å². The molecule has 172 valence electrons. The molecule has 1 aliphatic heterocycles. The number of para-hydroxylation sites is 2. The minimum absolute atomic E-state index is 0. The molecule has 0 aliphatic carbocycles. The van der Waals surface area contributed by atoms with Gasteiger partial charge in [-0.2, -0.15) is 0 Å². The van der Waals surface area contributed by atoms with Crippen LogP contribution in [0.1, 0.15) is 44.6 Å². The highest BCUT2D eigenvalue weighted by molar-refractivity contribution is 5.85.